The van der Waals surface area contributed by atoms with Gasteiger partial charge in [-0.05, 0) is 31.0 Å². The molecule has 2 aromatic carbocycles. The Bertz CT molecular complexity index is 904. The molecule has 1 saturated heterocycles. The summed E-state index contributed by atoms with van der Waals surface area (Å²) in [5.41, 5.74) is 4.59. The standard InChI is InChI=1S/C22H26N4OS/c1-17-7-9-18(10-8-17)15-28-16-21(27)25-11-4-12-26(14-13-25)22-23-19-5-2-3-6-20(19)24-22/h2-3,5-10H,4,11-16H2,1H3,(H,23,24). The first-order valence-corrected chi connectivity index (χ1v) is 11.0. The third-order valence-electron chi connectivity index (χ3n) is 5.14. The van der Waals surface area contributed by atoms with Crippen molar-refractivity contribution in [1.29, 1.82) is 0 Å². The number of imidazole rings is 1. The summed E-state index contributed by atoms with van der Waals surface area (Å²) in [6, 6.07) is 16.6. The van der Waals surface area contributed by atoms with Crippen LogP contribution in [0.3, 0.4) is 0 Å². The Morgan fingerprint density at radius 1 is 1.07 bits per heavy atom. The van der Waals surface area contributed by atoms with Gasteiger partial charge in [-0.3, -0.25) is 4.79 Å². The molecule has 6 heteroatoms. The van der Waals surface area contributed by atoms with Gasteiger partial charge in [-0.25, -0.2) is 4.98 Å². The van der Waals surface area contributed by atoms with E-state index in [2.05, 4.69) is 41.1 Å². The number of aromatic amines is 1. The number of anilines is 1. The lowest BCUT2D eigenvalue weighted by molar-refractivity contribution is -0.128. The molecule has 0 atom stereocenters. The Morgan fingerprint density at radius 3 is 2.71 bits per heavy atom. The molecule has 3 aromatic rings. The van der Waals surface area contributed by atoms with E-state index in [4.69, 9.17) is 4.98 Å². The van der Waals surface area contributed by atoms with Crippen molar-refractivity contribution >= 4 is 34.7 Å². The first-order chi connectivity index (χ1) is 13.7. The molecule has 5 nitrogen and oxygen atoms in total. The number of H-pyrrole nitrogens is 1. The minimum absolute atomic E-state index is 0.239. The molecule has 0 saturated carbocycles. The molecule has 1 fully saturated rings. The van der Waals surface area contributed by atoms with Crippen molar-refractivity contribution < 1.29 is 4.79 Å². The monoisotopic (exact) mass is 394 g/mol. The first-order valence-electron chi connectivity index (χ1n) is 9.80. The van der Waals surface area contributed by atoms with Crippen LogP contribution in [-0.2, 0) is 10.5 Å². The summed E-state index contributed by atoms with van der Waals surface area (Å²) in [5.74, 6) is 2.57. The van der Waals surface area contributed by atoms with Crippen molar-refractivity contribution in [1.82, 2.24) is 14.9 Å². The highest BCUT2D eigenvalue weighted by atomic mass is 32.2. The van der Waals surface area contributed by atoms with Crippen LogP contribution >= 0.6 is 11.8 Å². The van der Waals surface area contributed by atoms with Gasteiger partial charge < -0.3 is 14.8 Å². The van der Waals surface area contributed by atoms with Crippen LogP contribution in [-0.4, -0.2) is 52.7 Å². The molecule has 1 aromatic heterocycles. The number of rotatable bonds is 5. The summed E-state index contributed by atoms with van der Waals surface area (Å²) in [6.45, 7) is 5.39. The third kappa shape index (κ3) is 4.50. The highest BCUT2D eigenvalue weighted by molar-refractivity contribution is 7.99. The van der Waals surface area contributed by atoms with Crippen LogP contribution in [0.15, 0.2) is 48.5 Å². The van der Waals surface area contributed by atoms with Crippen LogP contribution in [0.5, 0.6) is 0 Å². The van der Waals surface area contributed by atoms with Crippen molar-refractivity contribution in [3.8, 4) is 0 Å². The van der Waals surface area contributed by atoms with Gasteiger partial charge in [0, 0.05) is 31.9 Å². The molecule has 1 aliphatic heterocycles. The number of fused-ring (bicyclic) bond motifs is 1. The van der Waals surface area contributed by atoms with Gasteiger partial charge in [-0.15, -0.1) is 11.8 Å². The number of benzene rings is 2. The topological polar surface area (TPSA) is 52.2 Å². The lowest BCUT2D eigenvalue weighted by Crippen LogP contribution is -2.36. The number of para-hydroxylation sites is 2. The number of hydrogen-bond acceptors (Lipinski definition) is 4. The summed E-state index contributed by atoms with van der Waals surface area (Å²) >= 11 is 1.70. The van der Waals surface area contributed by atoms with Gasteiger partial charge in [0.15, 0.2) is 0 Å². The smallest absolute Gasteiger partial charge is 0.232 e. The number of nitrogens with zero attached hydrogens (tertiary/aromatic N) is 3. The minimum atomic E-state index is 0.239. The van der Waals surface area contributed by atoms with E-state index in [1.807, 2.05) is 29.2 Å². The lowest BCUT2D eigenvalue weighted by Gasteiger charge is -2.21. The second-order valence-electron chi connectivity index (χ2n) is 7.28. The van der Waals surface area contributed by atoms with Crippen LogP contribution in [0.1, 0.15) is 17.5 Å². The largest absolute Gasteiger partial charge is 0.341 e. The van der Waals surface area contributed by atoms with E-state index in [0.29, 0.717) is 5.75 Å². The minimum Gasteiger partial charge on any atom is -0.341 e. The number of carbonyl (C=O) groups excluding carboxylic acids is 1. The van der Waals surface area contributed by atoms with E-state index in [-0.39, 0.29) is 5.91 Å². The van der Waals surface area contributed by atoms with Gasteiger partial charge in [0.25, 0.3) is 0 Å². The molecular formula is C22H26N4OS. The SMILES string of the molecule is Cc1ccc(CSCC(=O)N2CCCN(c3nc4ccccc4[nH]3)CC2)cc1. The number of amides is 1. The maximum Gasteiger partial charge on any atom is 0.232 e. The fourth-order valence-corrected chi connectivity index (χ4v) is 4.39. The Morgan fingerprint density at radius 2 is 1.89 bits per heavy atom. The van der Waals surface area contributed by atoms with Gasteiger partial charge in [0.1, 0.15) is 0 Å². The zero-order chi connectivity index (χ0) is 19.3. The number of aryl methyl sites for hydroxylation is 1. The molecule has 0 bridgehead atoms. The van der Waals surface area contributed by atoms with E-state index < -0.39 is 0 Å². The normalized spacial score (nSPS) is 15.0. The maximum atomic E-state index is 12.6. The van der Waals surface area contributed by atoms with Crippen molar-refractivity contribution in [3.05, 3.63) is 59.7 Å². The van der Waals surface area contributed by atoms with Gasteiger partial charge in [-0.1, -0.05) is 42.0 Å². The van der Waals surface area contributed by atoms with Gasteiger partial charge in [-0.2, -0.15) is 0 Å². The fourth-order valence-electron chi connectivity index (χ4n) is 3.50. The first kappa shape index (κ1) is 18.9. The molecule has 4 rings (SSSR count). The number of aromatic nitrogens is 2. The van der Waals surface area contributed by atoms with Crippen molar-refractivity contribution in [2.75, 3.05) is 36.8 Å². The van der Waals surface area contributed by atoms with Crippen molar-refractivity contribution in [2.45, 2.75) is 19.1 Å². The number of thioether (sulfide) groups is 1. The predicted molar refractivity (Wildman–Crippen MR) is 117 cm³/mol. The molecule has 1 N–H and O–H groups in total. The Labute approximate surface area is 170 Å². The molecule has 0 unspecified atom stereocenters. The Hall–Kier alpha value is -2.47. The summed E-state index contributed by atoms with van der Waals surface area (Å²) in [6.07, 6.45) is 0.964. The summed E-state index contributed by atoms with van der Waals surface area (Å²) < 4.78 is 0. The Kier molecular flexibility index (Phi) is 5.86. The Balaban J connectivity index is 1.29. The summed E-state index contributed by atoms with van der Waals surface area (Å²) in [7, 11) is 0. The number of hydrogen-bond donors (Lipinski definition) is 1. The van der Waals surface area contributed by atoms with Crippen molar-refractivity contribution in [3.63, 3.8) is 0 Å². The fraction of sp³-hybridized carbons (Fsp3) is 0.364. The third-order valence-corrected chi connectivity index (χ3v) is 6.13. The maximum absolute atomic E-state index is 12.6. The second kappa shape index (κ2) is 8.69. The number of nitrogens with one attached hydrogen (secondary N) is 1. The lowest BCUT2D eigenvalue weighted by atomic mass is 10.2. The predicted octanol–water partition coefficient (Wildman–Crippen LogP) is 3.84. The average molecular weight is 395 g/mol. The van der Waals surface area contributed by atoms with E-state index in [9.17, 15) is 4.79 Å². The van der Waals surface area contributed by atoms with E-state index in [1.54, 1.807) is 11.8 Å². The molecule has 146 valence electrons. The zero-order valence-electron chi connectivity index (χ0n) is 16.2. The molecule has 28 heavy (non-hydrogen) atoms. The van der Waals surface area contributed by atoms with Gasteiger partial charge in [0.05, 0.1) is 16.8 Å². The molecule has 0 aliphatic carbocycles. The molecule has 0 spiro atoms. The summed E-state index contributed by atoms with van der Waals surface area (Å²) in [5, 5.41) is 0. The van der Waals surface area contributed by atoms with E-state index >= 15 is 0 Å². The van der Waals surface area contributed by atoms with Crippen LogP contribution in [0.2, 0.25) is 0 Å². The van der Waals surface area contributed by atoms with E-state index in [1.165, 1.54) is 11.1 Å². The highest BCUT2D eigenvalue weighted by Crippen LogP contribution is 2.19. The van der Waals surface area contributed by atoms with Gasteiger partial charge >= 0.3 is 0 Å². The zero-order valence-corrected chi connectivity index (χ0v) is 17.0. The summed E-state index contributed by atoms with van der Waals surface area (Å²) in [4.78, 5) is 25.0. The molecule has 2 heterocycles. The van der Waals surface area contributed by atoms with Crippen molar-refractivity contribution in [2.24, 2.45) is 0 Å². The molecule has 1 aliphatic rings. The van der Waals surface area contributed by atoms with Crippen LogP contribution in [0.25, 0.3) is 11.0 Å². The van der Waals surface area contributed by atoms with Crippen LogP contribution in [0.4, 0.5) is 5.95 Å². The number of carbonyl (C=O) groups is 1. The highest BCUT2D eigenvalue weighted by Gasteiger charge is 2.20. The molecule has 1 amide bonds. The van der Waals surface area contributed by atoms with Crippen LogP contribution in [0, 0.1) is 6.92 Å². The molecule has 0 radical (unpaired) electrons. The molecular weight excluding hydrogens is 368 g/mol. The second-order valence-corrected chi connectivity index (χ2v) is 8.26. The van der Waals surface area contributed by atoms with E-state index in [0.717, 1.165) is 55.3 Å². The quantitative estimate of drug-likeness (QED) is 0.714. The average Bonchev–Trinajstić information content (AvgIpc) is 2.98. The van der Waals surface area contributed by atoms with Crippen LogP contribution < -0.4 is 4.90 Å². The van der Waals surface area contributed by atoms with Gasteiger partial charge in [0.2, 0.25) is 11.9 Å².